The number of nitrogens with one attached hydrogen (secondary N) is 2. The normalized spacial score (nSPS) is 23.4. The van der Waals surface area contributed by atoms with Crippen LogP contribution in [0.4, 0.5) is 0 Å². The second kappa shape index (κ2) is 3.42. The number of carbonyl (C=O) groups is 2. The zero-order valence-electron chi connectivity index (χ0n) is 8.75. The first-order chi connectivity index (χ1) is 7.77. The lowest BCUT2D eigenvalue weighted by Crippen LogP contribution is -2.20. The lowest BCUT2D eigenvalue weighted by Gasteiger charge is -2.11. The molecule has 4 heteroatoms. The molecule has 0 radical (unpaired) electrons. The Kier molecular flexibility index (Phi) is 2.04. The van der Waals surface area contributed by atoms with Crippen LogP contribution in [-0.2, 0) is 0 Å². The molecule has 0 saturated carbocycles. The molecule has 2 aliphatic rings. The fourth-order valence-electron chi connectivity index (χ4n) is 2.51. The van der Waals surface area contributed by atoms with E-state index in [9.17, 15) is 9.59 Å². The Morgan fingerprint density at radius 1 is 1.19 bits per heavy atom. The van der Waals surface area contributed by atoms with Crippen LogP contribution < -0.4 is 10.6 Å². The molecule has 1 unspecified atom stereocenters. The third-order valence-electron chi connectivity index (χ3n) is 3.30. The third-order valence-corrected chi connectivity index (χ3v) is 3.30. The van der Waals surface area contributed by atoms with Crippen molar-refractivity contribution in [2.45, 2.75) is 12.3 Å². The minimum Gasteiger partial charge on any atom is -0.316 e. The first-order valence-electron chi connectivity index (χ1n) is 5.46. The SMILES string of the molecule is O=C1NC(=O)c2c1cccc2C1CCNC1. The molecule has 1 saturated heterocycles. The summed E-state index contributed by atoms with van der Waals surface area (Å²) < 4.78 is 0. The third kappa shape index (κ3) is 1.27. The summed E-state index contributed by atoms with van der Waals surface area (Å²) >= 11 is 0. The van der Waals surface area contributed by atoms with Crippen molar-refractivity contribution in [3.8, 4) is 0 Å². The van der Waals surface area contributed by atoms with Crippen LogP contribution in [0.2, 0.25) is 0 Å². The molecular formula is C12H12N2O2. The lowest BCUT2D eigenvalue weighted by molar-refractivity contribution is 0.0879. The summed E-state index contributed by atoms with van der Waals surface area (Å²) in [4.78, 5) is 23.2. The van der Waals surface area contributed by atoms with Crippen LogP contribution in [0.15, 0.2) is 18.2 Å². The van der Waals surface area contributed by atoms with Crippen molar-refractivity contribution < 1.29 is 9.59 Å². The average Bonchev–Trinajstić information content (AvgIpc) is 2.88. The van der Waals surface area contributed by atoms with Crippen LogP contribution in [0.5, 0.6) is 0 Å². The van der Waals surface area contributed by atoms with Crippen molar-refractivity contribution in [1.29, 1.82) is 0 Å². The highest BCUT2D eigenvalue weighted by molar-refractivity contribution is 6.22. The van der Waals surface area contributed by atoms with Gasteiger partial charge in [-0.2, -0.15) is 0 Å². The molecule has 0 bridgehead atoms. The van der Waals surface area contributed by atoms with E-state index in [-0.39, 0.29) is 11.8 Å². The van der Waals surface area contributed by atoms with E-state index in [4.69, 9.17) is 0 Å². The molecule has 1 atom stereocenters. The van der Waals surface area contributed by atoms with Gasteiger partial charge < -0.3 is 5.32 Å². The van der Waals surface area contributed by atoms with Crippen molar-refractivity contribution in [2.75, 3.05) is 13.1 Å². The highest BCUT2D eigenvalue weighted by Gasteiger charge is 2.32. The minimum atomic E-state index is -0.271. The Morgan fingerprint density at radius 2 is 2.06 bits per heavy atom. The maximum Gasteiger partial charge on any atom is 0.259 e. The first kappa shape index (κ1) is 9.54. The summed E-state index contributed by atoms with van der Waals surface area (Å²) in [6, 6.07) is 5.51. The summed E-state index contributed by atoms with van der Waals surface area (Å²) in [5, 5.41) is 5.62. The van der Waals surface area contributed by atoms with Gasteiger partial charge >= 0.3 is 0 Å². The van der Waals surface area contributed by atoms with Gasteiger partial charge in [-0.25, -0.2) is 0 Å². The fourth-order valence-corrected chi connectivity index (χ4v) is 2.51. The summed E-state index contributed by atoms with van der Waals surface area (Å²) in [6.45, 7) is 1.86. The number of rotatable bonds is 1. The number of hydrogen-bond acceptors (Lipinski definition) is 3. The molecule has 3 rings (SSSR count). The van der Waals surface area contributed by atoms with E-state index >= 15 is 0 Å². The van der Waals surface area contributed by atoms with Crippen molar-refractivity contribution in [1.82, 2.24) is 10.6 Å². The van der Waals surface area contributed by atoms with Gasteiger partial charge in [0.15, 0.2) is 0 Å². The summed E-state index contributed by atoms with van der Waals surface area (Å²) in [6.07, 6.45) is 1.03. The maximum absolute atomic E-state index is 11.7. The predicted molar refractivity (Wildman–Crippen MR) is 58.5 cm³/mol. The van der Waals surface area contributed by atoms with E-state index in [0.29, 0.717) is 17.0 Å². The van der Waals surface area contributed by atoms with E-state index in [2.05, 4.69) is 10.6 Å². The summed E-state index contributed by atoms with van der Waals surface area (Å²) in [5.41, 5.74) is 2.11. The van der Waals surface area contributed by atoms with Crippen LogP contribution in [0.25, 0.3) is 0 Å². The van der Waals surface area contributed by atoms with Crippen molar-refractivity contribution in [2.24, 2.45) is 0 Å². The number of amides is 2. The Morgan fingerprint density at radius 3 is 2.81 bits per heavy atom. The second-order valence-corrected chi connectivity index (χ2v) is 4.24. The smallest absolute Gasteiger partial charge is 0.259 e. The molecule has 82 valence electrons. The first-order valence-corrected chi connectivity index (χ1v) is 5.46. The Balaban J connectivity index is 2.13. The monoisotopic (exact) mass is 216 g/mol. The van der Waals surface area contributed by atoms with E-state index in [1.165, 1.54) is 0 Å². The molecule has 0 aromatic heterocycles. The van der Waals surface area contributed by atoms with Crippen molar-refractivity contribution in [3.05, 3.63) is 34.9 Å². The number of hydrogen-bond donors (Lipinski definition) is 2. The molecule has 1 fully saturated rings. The second-order valence-electron chi connectivity index (χ2n) is 4.24. The molecule has 2 aliphatic heterocycles. The van der Waals surface area contributed by atoms with E-state index in [1.807, 2.05) is 12.1 Å². The number of fused-ring (bicyclic) bond motifs is 1. The lowest BCUT2D eigenvalue weighted by atomic mass is 9.91. The summed E-state index contributed by atoms with van der Waals surface area (Å²) in [5.74, 6) is -0.165. The van der Waals surface area contributed by atoms with Gasteiger partial charge in [0.2, 0.25) is 0 Å². The Labute approximate surface area is 93.0 Å². The predicted octanol–water partition coefficient (Wildman–Crippen LogP) is 0.647. The Bertz CT molecular complexity index is 476. The van der Waals surface area contributed by atoms with Crippen LogP contribution in [-0.4, -0.2) is 24.9 Å². The number of benzene rings is 1. The van der Waals surface area contributed by atoms with E-state index in [0.717, 1.165) is 25.1 Å². The van der Waals surface area contributed by atoms with Crippen LogP contribution in [0.3, 0.4) is 0 Å². The topological polar surface area (TPSA) is 58.2 Å². The highest BCUT2D eigenvalue weighted by Crippen LogP contribution is 2.29. The van der Waals surface area contributed by atoms with E-state index in [1.54, 1.807) is 6.07 Å². The van der Waals surface area contributed by atoms with Crippen LogP contribution in [0.1, 0.15) is 38.6 Å². The van der Waals surface area contributed by atoms with Gasteiger partial charge in [0.1, 0.15) is 0 Å². The number of carbonyl (C=O) groups excluding carboxylic acids is 2. The van der Waals surface area contributed by atoms with Gasteiger partial charge in [-0.05, 0) is 30.5 Å². The summed E-state index contributed by atoms with van der Waals surface area (Å²) in [7, 11) is 0. The maximum atomic E-state index is 11.7. The average molecular weight is 216 g/mol. The van der Waals surface area contributed by atoms with Gasteiger partial charge in [-0.3, -0.25) is 14.9 Å². The molecule has 1 aromatic carbocycles. The van der Waals surface area contributed by atoms with Gasteiger partial charge in [0, 0.05) is 6.54 Å². The van der Waals surface area contributed by atoms with E-state index < -0.39 is 0 Å². The molecule has 2 amide bonds. The number of imide groups is 1. The Hall–Kier alpha value is -1.68. The van der Waals surface area contributed by atoms with Crippen molar-refractivity contribution >= 4 is 11.8 Å². The zero-order valence-corrected chi connectivity index (χ0v) is 8.75. The minimum absolute atomic E-state index is 0.248. The van der Waals surface area contributed by atoms with Gasteiger partial charge in [0.05, 0.1) is 11.1 Å². The standard InChI is InChI=1S/C12H12N2O2/c15-11-9-3-1-2-8(7-4-5-13-6-7)10(9)12(16)14-11/h1-3,7,13H,4-6H2,(H,14,15,16). The highest BCUT2D eigenvalue weighted by atomic mass is 16.2. The van der Waals surface area contributed by atoms with Gasteiger partial charge in [-0.1, -0.05) is 12.1 Å². The van der Waals surface area contributed by atoms with Crippen LogP contribution >= 0.6 is 0 Å². The molecule has 2 heterocycles. The van der Waals surface area contributed by atoms with Crippen LogP contribution in [0, 0.1) is 0 Å². The molecule has 2 N–H and O–H groups in total. The van der Waals surface area contributed by atoms with Crippen molar-refractivity contribution in [3.63, 3.8) is 0 Å². The molecule has 0 spiro atoms. The molecule has 16 heavy (non-hydrogen) atoms. The molecule has 4 nitrogen and oxygen atoms in total. The molecular weight excluding hydrogens is 204 g/mol. The molecule has 1 aromatic rings. The quantitative estimate of drug-likeness (QED) is 0.677. The van der Waals surface area contributed by atoms with Gasteiger partial charge in [0.25, 0.3) is 11.8 Å². The zero-order chi connectivity index (χ0) is 11.1. The van der Waals surface area contributed by atoms with Gasteiger partial charge in [-0.15, -0.1) is 0 Å². The fraction of sp³-hybridized carbons (Fsp3) is 0.333. The largest absolute Gasteiger partial charge is 0.316 e. The molecule has 0 aliphatic carbocycles.